The molecule has 2 aromatic rings. The molecule has 0 heterocycles. The fourth-order valence-electron chi connectivity index (χ4n) is 4.89. The molecule has 0 fully saturated rings. The van der Waals surface area contributed by atoms with Crippen LogP contribution in [0.15, 0.2) is 48.5 Å². The molecule has 0 amide bonds. The highest BCUT2D eigenvalue weighted by Crippen LogP contribution is 2.36. The molecule has 0 saturated heterocycles. The first-order chi connectivity index (χ1) is 17.4. The molecule has 0 radical (unpaired) electrons. The second-order valence-electron chi connectivity index (χ2n) is 12.7. The molecule has 0 bridgehead atoms. The van der Waals surface area contributed by atoms with Crippen LogP contribution in [0, 0.1) is 5.41 Å². The van der Waals surface area contributed by atoms with E-state index in [0.29, 0.717) is 25.2 Å². The van der Waals surface area contributed by atoms with Gasteiger partial charge in [0, 0.05) is 11.4 Å². The Kier molecular flexibility index (Phi) is 15.3. The minimum Gasteiger partial charge on any atom is -1.00 e. The van der Waals surface area contributed by atoms with Crippen LogP contribution in [-0.4, -0.2) is 57.4 Å². The summed E-state index contributed by atoms with van der Waals surface area (Å²) in [4.78, 5) is 0. The van der Waals surface area contributed by atoms with Crippen molar-refractivity contribution in [2.45, 2.75) is 72.3 Å². The van der Waals surface area contributed by atoms with E-state index in [0.717, 1.165) is 67.2 Å². The van der Waals surface area contributed by atoms with E-state index >= 15 is 0 Å². The lowest BCUT2D eigenvalue weighted by Gasteiger charge is -2.33. The van der Waals surface area contributed by atoms with Crippen molar-refractivity contribution >= 4 is 11.6 Å². The molecule has 0 aliphatic rings. The highest BCUT2D eigenvalue weighted by molar-refractivity contribution is 6.17. The highest BCUT2D eigenvalue weighted by atomic mass is 79.9. The largest absolute Gasteiger partial charge is 1.00 e. The molecular weight excluding hydrogens is 562 g/mol. The van der Waals surface area contributed by atoms with Gasteiger partial charge in [0.1, 0.15) is 31.2 Å². The van der Waals surface area contributed by atoms with Gasteiger partial charge in [0.05, 0.1) is 33.9 Å². The molecule has 38 heavy (non-hydrogen) atoms. The third kappa shape index (κ3) is 14.2. The number of alkyl halides is 1. The molecule has 0 atom stereocenters. The molecule has 0 aliphatic heterocycles. The maximum absolute atomic E-state index is 5.91. The molecule has 0 saturated carbocycles. The number of likely N-dealkylation sites (N-methyl/N-ethyl adjacent to an activating group) is 1. The van der Waals surface area contributed by atoms with Crippen molar-refractivity contribution in [3.63, 3.8) is 0 Å². The Labute approximate surface area is 248 Å². The number of benzene rings is 2. The lowest BCUT2D eigenvalue weighted by molar-refractivity contribution is -0.904. The predicted molar refractivity (Wildman–Crippen MR) is 157 cm³/mol. The van der Waals surface area contributed by atoms with Crippen LogP contribution in [0.2, 0.25) is 0 Å². The van der Waals surface area contributed by atoms with E-state index in [4.69, 9.17) is 25.8 Å². The highest BCUT2D eigenvalue weighted by Gasteiger charge is 2.27. The van der Waals surface area contributed by atoms with Gasteiger partial charge >= 0.3 is 0 Å². The van der Waals surface area contributed by atoms with Crippen LogP contribution in [0.25, 0.3) is 0 Å². The van der Waals surface area contributed by atoms with E-state index in [1.807, 2.05) is 0 Å². The Morgan fingerprint density at radius 1 is 0.711 bits per heavy atom. The first-order valence-corrected chi connectivity index (χ1v) is 14.3. The predicted octanol–water partition coefficient (Wildman–Crippen LogP) is 4.86. The van der Waals surface area contributed by atoms with Gasteiger partial charge in [0.2, 0.25) is 0 Å². The first kappa shape index (κ1) is 34.8. The molecule has 216 valence electrons. The van der Waals surface area contributed by atoms with Crippen LogP contribution >= 0.6 is 11.6 Å². The summed E-state index contributed by atoms with van der Waals surface area (Å²) in [5, 5.41) is 0. The minimum atomic E-state index is 0. The van der Waals surface area contributed by atoms with E-state index in [1.54, 1.807) is 0 Å². The molecule has 0 spiro atoms. The smallest absolute Gasteiger partial charge is 0.119 e. The molecule has 0 N–H and O–H groups in total. The summed E-state index contributed by atoms with van der Waals surface area (Å²) in [5.74, 6) is 2.57. The fraction of sp³-hybridized carbons (Fsp3) is 0.625. The van der Waals surface area contributed by atoms with Crippen LogP contribution < -0.4 is 26.5 Å². The van der Waals surface area contributed by atoms with Gasteiger partial charge in [-0.15, -0.1) is 11.6 Å². The van der Waals surface area contributed by atoms with Gasteiger partial charge in [-0.1, -0.05) is 46.8 Å². The Morgan fingerprint density at radius 3 is 1.87 bits per heavy atom. The zero-order valence-electron chi connectivity index (χ0n) is 24.8. The van der Waals surface area contributed by atoms with E-state index in [1.165, 1.54) is 11.1 Å². The maximum Gasteiger partial charge on any atom is 0.119 e. The number of hydrogen-bond acceptors (Lipinski definition) is 3. The molecule has 0 aliphatic carbocycles. The summed E-state index contributed by atoms with van der Waals surface area (Å²) in [6.07, 6.45) is 4.35. The average Bonchev–Trinajstić information content (AvgIpc) is 2.81. The van der Waals surface area contributed by atoms with Crippen molar-refractivity contribution in [3.8, 4) is 11.5 Å². The monoisotopic (exact) mass is 611 g/mol. The van der Waals surface area contributed by atoms with Crippen molar-refractivity contribution in [2.24, 2.45) is 5.41 Å². The summed E-state index contributed by atoms with van der Waals surface area (Å²) in [5.41, 5.74) is 3.10. The summed E-state index contributed by atoms with van der Waals surface area (Å²) < 4.78 is 18.5. The molecule has 6 heteroatoms. The Morgan fingerprint density at radius 2 is 1.29 bits per heavy atom. The van der Waals surface area contributed by atoms with Crippen LogP contribution in [0.1, 0.15) is 71.4 Å². The maximum atomic E-state index is 5.91. The van der Waals surface area contributed by atoms with Crippen molar-refractivity contribution in [1.29, 1.82) is 0 Å². The second kappa shape index (κ2) is 16.7. The van der Waals surface area contributed by atoms with E-state index in [2.05, 4.69) is 97.2 Å². The Hall–Kier alpha value is -1.27. The van der Waals surface area contributed by atoms with Gasteiger partial charge in [-0.3, -0.25) is 0 Å². The fourth-order valence-corrected chi connectivity index (χ4v) is 5.08. The Bertz CT molecular complexity index is 892. The standard InChI is InChI=1S/C32H51ClNO3.BrH/c1-31(2,3)26-32(4,5)28-13-17-30(18-14-28)37-24-23-35-22-20-34(6,7)25-27-11-15-29(16-12-27)36-21-10-8-9-19-33;/h11-18H,8-10,19-26H2,1-7H3;1H/q+1;/p-1. The molecular formula is C32H51BrClNO3. The summed E-state index contributed by atoms with van der Waals surface area (Å²) in [6, 6.07) is 17.0. The van der Waals surface area contributed by atoms with Crippen molar-refractivity contribution < 1.29 is 35.7 Å². The van der Waals surface area contributed by atoms with E-state index in [-0.39, 0.29) is 22.4 Å². The number of quaternary nitrogens is 1. The second-order valence-corrected chi connectivity index (χ2v) is 13.0. The molecule has 4 nitrogen and oxygen atoms in total. The third-order valence-corrected chi connectivity index (χ3v) is 6.79. The first-order valence-electron chi connectivity index (χ1n) is 13.8. The van der Waals surface area contributed by atoms with Crippen LogP contribution in [0.4, 0.5) is 0 Å². The summed E-state index contributed by atoms with van der Waals surface area (Å²) >= 11 is 5.72. The van der Waals surface area contributed by atoms with Gasteiger partial charge in [-0.25, -0.2) is 0 Å². The van der Waals surface area contributed by atoms with Crippen LogP contribution in [0.5, 0.6) is 11.5 Å². The zero-order valence-corrected chi connectivity index (χ0v) is 27.2. The number of rotatable bonds is 17. The molecule has 0 aromatic heterocycles. The number of unbranched alkanes of at least 4 members (excludes halogenated alkanes) is 2. The molecule has 2 rings (SSSR count). The zero-order chi connectivity index (χ0) is 27.4. The van der Waals surface area contributed by atoms with E-state index in [9.17, 15) is 0 Å². The minimum absolute atomic E-state index is 0. The van der Waals surface area contributed by atoms with Gasteiger partial charge in [-0.2, -0.15) is 0 Å². The average molecular weight is 613 g/mol. The quantitative estimate of drug-likeness (QED) is 0.145. The van der Waals surface area contributed by atoms with Gasteiger partial charge in [0.15, 0.2) is 0 Å². The van der Waals surface area contributed by atoms with Crippen molar-refractivity contribution in [1.82, 2.24) is 0 Å². The molecule has 0 unspecified atom stereocenters. The number of hydrogen-bond donors (Lipinski definition) is 0. The SMILES string of the molecule is CC(C)(C)CC(C)(C)c1ccc(OCCOCC[N+](C)(C)Cc2ccc(OCCCCCCl)cc2)cc1.[Br-]. The number of halogens is 2. The number of ether oxygens (including phenoxy) is 3. The third-order valence-electron chi connectivity index (χ3n) is 6.53. The lowest BCUT2D eigenvalue weighted by atomic mass is 9.72. The van der Waals surface area contributed by atoms with Gasteiger partial charge in [-0.05, 0) is 78.5 Å². The van der Waals surface area contributed by atoms with Crippen LogP contribution in [-0.2, 0) is 16.7 Å². The summed E-state index contributed by atoms with van der Waals surface area (Å²) in [7, 11) is 4.48. The van der Waals surface area contributed by atoms with Crippen molar-refractivity contribution in [3.05, 3.63) is 59.7 Å². The van der Waals surface area contributed by atoms with Gasteiger partial charge in [0.25, 0.3) is 0 Å². The van der Waals surface area contributed by atoms with E-state index < -0.39 is 0 Å². The van der Waals surface area contributed by atoms with Crippen LogP contribution in [0.3, 0.4) is 0 Å². The lowest BCUT2D eigenvalue weighted by Crippen LogP contribution is -3.00. The summed E-state index contributed by atoms with van der Waals surface area (Å²) in [6.45, 7) is 16.0. The van der Waals surface area contributed by atoms with Gasteiger partial charge < -0.3 is 35.7 Å². The molecule has 2 aromatic carbocycles. The Balaban J connectivity index is 0.00000722. The van der Waals surface area contributed by atoms with Crippen molar-refractivity contribution in [2.75, 3.05) is 52.9 Å². The number of nitrogens with zero attached hydrogens (tertiary/aromatic N) is 1. The normalized spacial score (nSPS) is 12.2. The topological polar surface area (TPSA) is 27.7 Å².